The zero-order chi connectivity index (χ0) is 11.5. The molecule has 0 aliphatic carbocycles. The molecule has 0 unspecified atom stereocenters. The number of carbonyl (C=O) groups excluding carboxylic acids is 1. The fourth-order valence-corrected chi connectivity index (χ4v) is 1.52. The average Bonchev–Trinajstić information content (AvgIpc) is 2.30. The highest BCUT2D eigenvalue weighted by molar-refractivity contribution is 9.10. The van der Waals surface area contributed by atoms with E-state index < -0.39 is 5.91 Å². The normalized spacial score (nSPS) is 10.1. The van der Waals surface area contributed by atoms with Crippen LogP contribution in [0.15, 0.2) is 41.0 Å². The molecule has 2 N–H and O–H groups in total. The standard InChI is InChI=1S/C11H8BrN3O/c12-8-3-1-7(2-4-8)9-5-6-14-11(15-9)10(13)16/h1-6H,(H2,13,16). The van der Waals surface area contributed by atoms with Gasteiger partial charge in [-0.15, -0.1) is 0 Å². The molecule has 2 rings (SSSR count). The predicted octanol–water partition coefficient (Wildman–Crippen LogP) is 2.00. The molecule has 0 aliphatic heterocycles. The number of rotatable bonds is 2. The largest absolute Gasteiger partial charge is 0.363 e. The highest BCUT2D eigenvalue weighted by atomic mass is 79.9. The number of hydrogen-bond acceptors (Lipinski definition) is 3. The number of nitrogens with two attached hydrogens (primary N) is 1. The van der Waals surface area contributed by atoms with Crippen LogP contribution in [-0.2, 0) is 0 Å². The number of halogens is 1. The lowest BCUT2D eigenvalue weighted by atomic mass is 10.1. The first-order valence-electron chi connectivity index (χ1n) is 4.55. The molecule has 5 heteroatoms. The lowest BCUT2D eigenvalue weighted by molar-refractivity contribution is 0.0990. The summed E-state index contributed by atoms with van der Waals surface area (Å²) in [5.41, 5.74) is 6.70. The second kappa shape index (κ2) is 4.40. The summed E-state index contributed by atoms with van der Waals surface area (Å²) in [6.45, 7) is 0. The Bertz CT molecular complexity index is 525. The number of carbonyl (C=O) groups is 1. The van der Waals surface area contributed by atoms with Gasteiger partial charge in [-0.2, -0.15) is 0 Å². The molecule has 80 valence electrons. The van der Waals surface area contributed by atoms with Crippen LogP contribution in [0.2, 0.25) is 0 Å². The maximum atomic E-state index is 10.9. The Morgan fingerprint density at radius 1 is 1.19 bits per heavy atom. The fraction of sp³-hybridized carbons (Fsp3) is 0. The third-order valence-electron chi connectivity index (χ3n) is 2.02. The van der Waals surface area contributed by atoms with Gasteiger partial charge < -0.3 is 5.73 Å². The van der Waals surface area contributed by atoms with E-state index in [0.29, 0.717) is 5.69 Å². The molecule has 4 nitrogen and oxygen atoms in total. The van der Waals surface area contributed by atoms with Crippen molar-refractivity contribution in [3.63, 3.8) is 0 Å². The van der Waals surface area contributed by atoms with Crippen molar-refractivity contribution in [3.05, 3.63) is 46.8 Å². The third-order valence-corrected chi connectivity index (χ3v) is 2.54. The van der Waals surface area contributed by atoms with Crippen LogP contribution >= 0.6 is 15.9 Å². The van der Waals surface area contributed by atoms with Crippen LogP contribution in [0.4, 0.5) is 0 Å². The minimum Gasteiger partial charge on any atom is -0.363 e. The van der Waals surface area contributed by atoms with Crippen molar-refractivity contribution in [2.24, 2.45) is 5.73 Å². The van der Waals surface area contributed by atoms with E-state index in [4.69, 9.17) is 5.73 Å². The first kappa shape index (κ1) is 10.8. The molecule has 0 bridgehead atoms. The molecule has 0 spiro atoms. The maximum Gasteiger partial charge on any atom is 0.286 e. The summed E-state index contributed by atoms with van der Waals surface area (Å²) in [5.74, 6) is -0.598. The molecule has 1 aromatic carbocycles. The number of nitrogens with zero attached hydrogens (tertiary/aromatic N) is 2. The molecule has 0 saturated carbocycles. The van der Waals surface area contributed by atoms with Crippen molar-refractivity contribution in [3.8, 4) is 11.3 Å². The van der Waals surface area contributed by atoms with Gasteiger partial charge in [0.15, 0.2) is 0 Å². The number of primary amides is 1. The van der Waals surface area contributed by atoms with Gasteiger partial charge in [0.1, 0.15) is 0 Å². The Morgan fingerprint density at radius 2 is 1.88 bits per heavy atom. The molecule has 0 saturated heterocycles. The second-order valence-electron chi connectivity index (χ2n) is 3.14. The van der Waals surface area contributed by atoms with Gasteiger partial charge >= 0.3 is 0 Å². The maximum absolute atomic E-state index is 10.9. The minimum absolute atomic E-state index is 0.0282. The number of aromatic nitrogens is 2. The lowest BCUT2D eigenvalue weighted by Crippen LogP contribution is -2.15. The average molecular weight is 278 g/mol. The van der Waals surface area contributed by atoms with E-state index in [1.54, 1.807) is 6.07 Å². The van der Waals surface area contributed by atoms with Crippen LogP contribution in [0.5, 0.6) is 0 Å². The molecule has 2 aromatic rings. The van der Waals surface area contributed by atoms with Crippen molar-refractivity contribution in [1.82, 2.24) is 9.97 Å². The molecule has 1 amide bonds. The van der Waals surface area contributed by atoms with Gasteiger partial charge in [0, 0.05) is 16.2 Å². The summed E-state index contributed by atoms with van der Waals surface area (Å²) in [6, 6.07) is 9.34. The van der Waals surface area contributed by atoms with E-state index in [-0.39, 0.29) is 5.82 Å². The van der Waals surface area contributed by atoms with Crippen LogP contribution in [0, 0.1) is 0 Å². The van der Waals surface area contributed by atoms with Crippen LogP contribution in [0.1, 0.15) is 10.6 Å². The monoisotopic (exact) mass is 277 g/mol. The first-order valence-corrected chi connectivity index (χ1v) is 5.35. The molecular formula is C11H8BrN3O. The van der Waals surface area contributed by atoms with Gasteiger partial charge in [-0.05, 0) is 18.2 Å². The van der Waals surface area contributed by atoms with Crippen LogP contribution in [0.25, 0.3) is 11.3 Å². The van der Waals surface area contributed by atoms with E-state index in [0.717, 1.165) is 10.0 Å². The summed E-state index contributed by atoms with van der Waals surface area (Å²) in [4.78, 5) is 18.8. The van der Waals surface area contributed by atoms with E-state index in [2.05, 4.69) is 25.9 Å². The van der Waals surface area contributed by atoms with E-state index >= 15 is 0 Å². The van der Waals surface area contributed by atoms with Crippen molar-refractivity contribution in [2.45, 2.75) is 0 Å². The summed E-state index contributed by atoms with van der Waals surface area (Å²) < 4.78 is 0.987. The number of benzene rings is 1. The summed E-state index contributed by atoms with van der Waals surface area (Å²) >= 11 is 3.35. The van der Waals surface area contributed by atoms with Crippen molar-refractivity contribution >= 4 is 21.8 Å². The Labute approximate surface area is 101 Å². The zero-order valence-electron chi connectivity index (χ0n) is 8.22. The van der Waals surface area contributed by atoms with E-state index in [9.17, 15) is 4.79 Å². The van der Waals surface area contributed by atoms with E-state index in [1.807, 2.05) is 24.3 Å². The van der Waals surface area contributed by atoms with Crippen LogP contribution < -0.4 is 5.73 Å². The molecule has 0 aliphatic rings. The van der Waals surface area contributed by atoms with Crippen molar-refractivity contribution in [2.75, 3.05) is 0 Å². The third kappa shape index (κ3) is 2.25. The van der Waals surface area contributed by atoms with Crippen molar-refractivity contribution < 1.29 is 4.79 Å². The first-order chi connectivity index (χ1) is 7.66. The Balaban J connectivity index is 2.44. The molecule has 0 radical (unpaired) electrons. The van der Waals surface area contributed by atoms with Gasteiger partial charge in [0.05, 0.1) is 5.69 Å². The van der Waals surface area contributed by atoms with E-state index in [1.165, 1.54) is 6.20 Å². The quantitative estimate of drug-likeness (QED) is 0.913. The Morgan fingerprint density at radius 3 is 2.50 bits per heavy atom. The zero-order valence-corrected chi connectivity index (χ0v) is 9.81. The molecular weight excluding hydrogens is 270 g/mol. The molecule has 16 heavy (non-hydrogen) atoms. The fourth-order valence-electron chi connectivity index (χ4n) is 1.26. The predicted molar refractivity (Wildman–Crippen MR) is 63.7 cm³/mol. The molecule has 0 atom stereocenters. The van der Waals surface area contributed by atoms with Crippen molar-refractivity contribution in [1.29, 1.82) is 0 Å². The van der Waals surface area contributed by atoms with Crippen LogP contribution in [-0.4, -0.2) is 15.9 Å². The Hall–Kier alpha value is -1.75. The van der Waals surface area contributed by atoms with Gasteiger partial charge in [-0.3, -0.25) is 4.79 Å². The summed E-state index contributed by atoms with van der Waals surface area (Å²) in [7, 11) is 0. The molecule has 1 heterocycles. The van der Waals surface area contributed by atoms with Gasteiger partial charge in [-0.25, -0.2) is 9.97 Å². The summed E-state index contributed by atoms with van der Waals surface area (Å²) in [6.07, 6.45) is 1.52. The molecule has 1 aromatic heterocycles. The minimum atomic E-state index is -0.626. The number of hydrogen-bond donors (Lipinski definition) is 1. The number of amides is 1. The summed E-state index contributed by atoms with van der Waals surface area (Å²) in [5, 5.41) is 0. The smallest absolute Gasteiger partial charge is 0.286 e. The highest BCUT2D eigenvalue weighted by Crippen LogP contribution is 2.19. The SMILES string of the molecule is NC(=O)c1nccc(-c2ccc(Br)cc2)n1. The molecule has 0 fully saturated rings. The Kier molecular flexibility index (Phi) is 2.96. The second-order valence-corrected chi connectivity index (χ2v) is 4.05. The lowest BCUT2D eigenvalue weighted by Gasteiger charge is -2.01. The van der Waals surface area contributed by atoms with Gasteiger partial charge in [0.2, 0.25) is 5.82 Å². The van der Waals surface area contributed by atoms with Gasteiger partial charge in [-0.1, -0.05) is 28.1 Å². The topological polar surface area (TPSA) is 68.9 Å². The van der Waals surface area contributed by atoms with Crippen LogP contribution in [0.3, 0.4) is 0 Å². The van der Waals surface area contributed by atoms with Gasteiger partial charge in [0.25, 0.3) is 5.91 Å². The highest BCUT2D eigenvalue weighted by Gasteiger charge is 2.06.